The van der Waals surface area contributed by atoms with E-state index >= 15 is 0 Å². The lowest BCUT2D eigenvalue weighted by molar-refractivity contribution is 0.411. The Morgan fingerprint density at radius 1 is 1.09 bits per heavy atom. The molecule has 0 unspecified atom stereocenters. The number of rotatable bonds is 6. The highest BCUT2D eigenvalue weighted by atomic mass is 32.2. The molecule has 1 aromatic carbocycles. The molecule has 0 spiro atoms. The molecule has 3 aromatic rings. The number of hydrogen-bond acceptors (Lipinski definition) is 8. The Kier molecular flexibility index (Phi) is 6.57. The molecule has 7 nitrogen and oxygen atoms in total. The van der Waals surface area contributed by atoms with Gasteiger partial charge < -0.3 is 15.4 Å². The number of pyridine rings is 2. The van der Waals surface area contributed by atoms with E-state index in [1.165, 1.54) is 13.3 Å². The Bertz CT molecular complexity index is 1130. The van der Waals surface area contributed by atoms with Crippen molar-refractivity contribution in [1.82, 2.24) is 14.3 Å². The number of nitrogens with two attached hydrogens (primary N) is 1. The van der Waals surface area contributed by atoms with Crippen LogP contribution in [-0.4, -0.2) is 59.5 Å². The molecule has 3 heterocycles. The molecule has 0 amide bonds. The molecule has 4 rings (SSSR count). The van der Waals surface area contributed by atoms with Crippen LogP contribution < -0.4 is 15.4 Å². The van der Waals surface area contributed by atoms with E-state index in [0.29, 0.717) is 28.1 Å². The van der Waals surface area contributed by atoms with Gasteiger partial charge in [-0.15, -0.1) is 0 Å². The first-order valence-electron chi connectivity index (χ1n) is 10.2. The van der Waals surface area contributed by atoms with Crippen LogP contribution >= 0.6 is 11.9 Å². The van der Waals surface area contributed by atoms with Crippen molar-refractivity contribution in [3.05, 3.63) is 65.9 Å². The zero-order valence-electron chi connectivity index (χ0n) is 18.0. The monoisotopic (exact) mass is 452 g/mol. The van der Waals surface area contributed by atoms with Crippen molar-refractivity contribution >= 4 is 29.2 Å². The van der Waals surface area contributed by atoms with Crippen LogP contribution in [0.25, 0.3) is 11.1 Å². The Morgan fingerprint density at radius 3 is 2.56 bits per heavy atom. The minimum atomic E-state index is -0.637. The maximum absolute atomic E-state index is 14.5. The van der Waals surface area contributed by atoms with Gasteiger partial charge in [-0.2, -0.15) is 4.39 Å². The number of methoxy groups -OCH3 is 1. The lowest BCUT2D eigenvalue weighted by atomic mass is 9.96. The lowest BCUT2D eigenvalue weighted by Crippen LogP contribution is -2.43. The third-order valence-corrected chi connectivity index (χ3v) is 6.43. The number of nitrogens with one attached hydrogen (secondary N) is 1. The van der Waals surface area contributed by atoms with Gasteiger partial charge in [-0.1, -0.05) is 18.0 Å². The standard InChI is InChI=1S/C23H25FN6OS/c1-31-19-6-8-28-23(24)21(19)15-3-4-18(25)17(13-15)22(26)16-5-7-27-20(14-16)29-9-11-30(32-2)12-10-29/h3-8,13-14,26H,9-12,25H2,1-2H3. The maximum Gasteiger partial charge on any atom is 0.224 e. The number of aromatic nitrogens is 2. The van der Waals surface area contributed by atoms with E-state index < -0.39 is 5.95 Å². The summed E-state index contributed by atoms with van der Waals surface area (Å²) in [6.07, 6.45) is 5.15. The Labute approximate surface area is 191 Å². The Morgan fingerprint density at radius 2 is 1.84 bits per heavy atom. The third kappa shape index (κ3) is 4.39. The van der Waals surface area contributed by atoms with Gasteiger partial charge in [-0.05, 0) is 42.2 Å². The number of benzene rings is 1. The van der Waals surface area contributed by atoms with Crippen molar-refractivity contribution in [1.29, 1.82) is 5.41 Å². The number of halogens is 1. The normalized spacial score (nSPS) is 14.4. The van der Waals surface area contributed by atoms with Crippen molar-refractivity contribution in [2.24, 2.45) is 0 Å². The Balaban J connectivity index is 1.65. The third-order valence-electron chi connectivity index (χ3n) is 5.55. The summed E-state index contributed by atoms with van der Waals surface area (Å²) in [4.78, 5) is 10.5. The molecule has 3 N–H and O–H groups in total. The quantitative estimate of drug-likeness (QED) is 0.255. The van der Waals surface area contributed by atoms with E-state index in [2.05, 4.69) is 25.4 Å². The van der Waals surface area contributed by atoms with Crippen molar-refractivity contribution in [2.75, 3.05) is 50.2 Å². The fraction of sp³-hybridized carbons (Fsp3) is 0.261. The SMILES string of the molecule is COc1ccnc(F)c1-c1ccc(N)c(C(=N)c2ccnc(N3CCN(SC)CC3)c2)c1. The largest absolute Gasteiger partial charge is 0.496 e. The summed E-state index contributed by atoms with van der Waals surface area (Å²) in [5.41, 5.74) is 8.90. The van der Waals surface area contributed by atoms with Crippen LogP contribution in [0.4, 0.5) is 15.9 Å². The van der Waals surface area contributed by atoms with Gasteiger partial charge in [0.25, 0.3) is 0 Å². The average molecular weight is 453 g/mol. The summed E-state index contributed by atoms with van der Waals surface area (Å²) < 4.78 is 22.1. The highest BCUT2D eigenvalue weighted by Crippen LogP contribution is 2.33. The van der Waals surface area contributed by atoms with Crippen molar-refractivity contribution < 1.29 is 9.13 Å². The molecule has 166 valence electrons. The van der Waals surface area contributed by atoms with Gasteiger partial charge in [0.2, 0.25) is 5.95 Å². The number of nitrogen functional groups attached to an aromatic ring is 1. The maximum atomic E-state index is 14.5. The first-order chi connectivity index (χ1) is 15.5. The summed E-state index contributed by atoms with van der Waals surface area (Å²) >= 11 is 1.75. The number of ether oxygens (including phenoxy) is 1. The predicted octanol–water partition coefficient (Wildman–Crippen LogP) is 3.69. The summed E-state index contributed by atoms with van der Waals surface area (Å²) in [6, 6.07) is 10.4. The van der Waals surface area contributed by atoms with E-state index in [-0.39, 0.29) is 11.3 Å². The predicted molar refractivity (Wildman–Crippen MR) is 128 cm³/mol. The van der Waals surface area contributed by atoms with Gasteiger partial charge >= 0.3 is 0 Å². The Hall–Kier alpha value is -3.17. The van der Waals surface area contributed by atoms with E-state index in [1.807, 2.05) is 6.07 Å². The van der Waals surface area contributed by atoms with Gasteiger partial charge in [-0.25, -0.2) is 14.3 Å². The minimum absolute atomic E-state index is 0.242. The van der Waals surface area contributed by atoms with Gasteiger partial charge in [0.1, 0.15) is 11.6 Å². The van der Waals surface area contributed by atoms with Crippen molar-refractivity contribution in [3.8, 4) is 16.9 Å². The molecule has 0 saturated carbocycles. The second-order valence-electron chi connectivity index (χ2n) is 7.36. The van der Waals surface area contributed by atoms with Crippen LogP contribution in [0.5, 0.6) is 5.75 Å². The lowest BCUT2D eigenvalue weighted by Gasteiger charge is -2.34. The molecule has 9 heteroatoms. The molecule has 0 atom stereocenters. The van der Waals surface area contributed by atoms with E-state index in [0.717, 1.165) is 32.0 Å². The van der Waals surface area contributed by atoms with Crippen molar-refractivity contribution in [2.45, 2.75) is 0 Å². The van der Waals surface area contributed by atoms with Crippen LogP contribution in [0.15, 0.2) is 48.8 Å². The summed E-state index contributed by atoms with van der Waals surface area (Å²) in [6.45, 7) is 3.67. The second kappa shape index (κ2) is 9.54. The molecule has 1 saturated heterocycles. The number of anilines is 2. The van der Waals surface area contributed by atoms with Crippen molar-refractivity contribution in [3.63, 3.8) is 0 Å². The molecule has 2 aromatic heterocycles. The topological polar surface area (TPSA) is 91.4 Å². The van der Waals surface area contributed by atoms with Gasteiger partial charge in [0.05, 0.1) is 18.4 Å². The number of nitrogens with zero attached hydrogens (tertiary/aromatic N) is 4. The first-order valence-corrected chi connectivity index (χ1v) is 11.4. The van der Waals surface area contributed by atoms with E-state index in [4.69, 9.17) is 15.9 Å². The van der Waals surface area contributed by atoms with E-state index in [1.54, 1.807) is 48.5 Å². The van der Waals surface area contributed by atoms with E-state index in [9.17, 15) is 4.39 Å². The van der Waals surface area contributed by atoms with Gasteiger partial charge in [0.15, 0.2) is 0 Å². The molecule has 0 aliphatic carbocycles. The number of hydrogen-bond donors (Lipinski definition) is 2. The molecule has 32 heavy (non-hydrogen) atoms. The zero-order valence-corrected chi connectivity index (χ0v) is 18.8. The fourth-order valence-corrected chi connectivity index (χ4v) is 4.31. The van der Waals surface area contributed by atoms with Crippen LogP contribution in [0.1, 0.15) is 11.1 Å². The molecule has 1 fully saturated rings. The molecule has 1 aliphatic rings. The summed E-state index contributed by atoms with van der Waals surface area (Å²) in [5, 5.41) is 8.82. The summed E-state index contributed by atoms with van der Waals surface area (Å²) in [5.74, 6) is 0.570. The highest BCUT2D eigenvalue weighted by Gasteiger charge is 2.20. The van der Waals surface area contributed by atoms with Crippen LogP contribution in [0.3, 0.4) is 0 Å². The smallest absolute Gasteiger partial charge is 0.224 e. The highest BCUT2D eigenvalue weighted by molar-refractivity contribution is 7.96. The molecular weight excluding hydrogens is 427 g/mol. The first kappa shape index (κ1) is 22.0. The molecule has 0 bridgehead atoms. The zero-order chi connectivity index (χ0) is 22.7. The molecular formula is C23H25FN6OS. The van der Waals surface area contributed by atoms with Gasteiger partial charge in [-0.3, -0.25) is 5.41 Å². The second-order valence-corrected chi connectivity index (χ2v) is 8.24. The van der Waals surface area contributed by atoms with Crippen LogP contribution in [-0.2, 0) is 0 Å². The minimum Gasteiger partial charge on any atom is -0.496 e. The molecule has 0 radical (unpaired) electrons. The average Bonchev–Trinajstić information content (AvgIpc) is 2.84. The summed E-state index contributed by atoms with van der Waals surface area (Å²) in [7, 11) is 1.48. The van der Waals surface area contributed by atoms with Crippen LogP contribution in [0.2, 0.25) is 0 Å². The number of piperazine rings is 1. The fourth-order valence-electron chi connectivity index (χ4n) is 3.78. The van der Waals surface area contributed by atoms with Crippen LogP contribution in [0, 0.1) is 11.4 Å². The molecule has 1 aliphatic heterocycles. The van der Waals surface area contributed by atoms with Gasteiger partial charge in [0, 0.05) is 55.4 Å².